The molecule has 0 bridgehead atoms. The number of hydrogen-bond acceptors (Lipinski definition) is 3. The van der Waals surface area contributed by atoms with Crippen LogP contribution in [0.4, 0.5) is 5.69 Å². The van der Waals surface area contributed by atoms with Crippen LogP contribution in [0.3, 0.4) is 0 Å². The van der Waals surface area contributed by atoms with Crippen molar-refractivity contribution < 1.29 is 9.90 Å². The molecule has 1 unspecified atom stereocenters. The number of aliphatic hydroxyl groups is 1. The van der Waals surface area contributed by atoms with Gasteiger partial charge in [0.2, 0.25) is 5.91 Å². The molecule has 18 heavy (non-hydrogen) atoms. The SMILES string of the molecule is O=C1Cc2cc(C(O)c3cccnc3)ccc2N1. The molecular weight excluding hydrogens is 228 g/mol. The third-order valence-electron chi connectivity index (χ3n) is 3.07. The fourth-order valence-corrected chi connectivity index (χ4v) is 2.15. The minimum absolute atomic E-state index is 0.00184. The van der Waals surface area contributed by atoms with Crippen LogP contribution in [0.15, 0.2) is 42.7 Å². The Bertz CT molecular complexity index is 596. The van der Waals surface area contributed by atoms with Gasteiger partial charge < -0.3 is 10.4 Å². The van der Waals surface area contributed by atoms with Crippen molar-refractivity contribution in [1.82, 2.24) is 4.98 Å². The van der Waals surface area contributed by atoms with Gasteiger partial charge in [-0.15, -0.1) is 0 Å². The summed E-state index contributed by atoms with van der Waals surface area (Å²) in [7, 11) is 0. The summed E-state index contributed by atoms with van der Waals surface area (Å²) in [6.07, 6.45) is 2.98. The van der Waals surface area contributed by atoms with E-state index < -0.39 is 6.10 Å². The van der Waals surface area contributed by atoms with Crippen LogP contribution in [0.1, 0.15) is 22.8 Å². The molecule has 1 atom stereocenters. The second-order valence-electron chi connectivity index (χ2n) is 4.33. The van der Waals surface area contributed by atoms with Crippen LogP contribution in [-0.2, 0) is 11.2 Å². The average molecular weight is 240 g/mol. The Hall–Kier alpha value is -2.20. The standard InChI is InChI=1S/C14H12N2O2/c17-13-7-11-6-9(3-4-12(11)16-13)14(18)10-2-1-5-15-8-10/h1-6,8,14,18H,7H2,(H,16,17). The van der Waals surface area contributed by atoms with Gasteiger partial charge in [0, 0.05) is 23.6 Å². The highest BCUT2D eigenvalue weighted by Crippen LogP contribution is 2.28. The van der Waals surface area contributed by atoms with Crippen LogP contribution in [0.5, 0.6) is 0 Å². The van der Waals surface area contributed by atoms with Crippen LogP contribution in [0.25, 0.3) is 0 Å². The molecule has 4 nitrogen and oxygen atoms in total. The molecule has 2 N–H and O–H groups in total. The van der Waals surface area contributed by atoms with E-state index in [0.29, 0.717) is 6.42 Å². The molecular formula is C14H12N2O2. The van der Waals surface area contributed by atoms with Crippen molar-refractivity contribution in [3.8, 4) is 0 Å². The number of aliphatic hydroxyl groups excluding tert-OH is 1. The number of carbonyl (C=O) groups excluding carboxylic acids is 1. The number of hydrogen-bond donors (Lipinski definition) is 2. The predicted octanol–water partition coefficient (Wildman–Crippen LogP) is 1.66. The van der Waals surface area contributed by atoms with Gasteiger partial charge in [-0.05, 0) is 23.3 Å². The second-order valence-corrected chi connectivity index (χ2v) is 4.33. The molecule has 0 fully saturated rings. The maximum atomic E-state index is 11.3. The largest absolute Gasteiger partial charge is 0.384 e. The second kappa shape index (κ2) is 4.23. The normalized spacial score (nSPS) is 15.1. The summed E-state index contributed by atoms with van der Waals surface area (Å²) >= 11 is 0. The van der Waals surface area contributed by atoms with Gasteiger partial charge in [-0.3, -0.25) is 9.78 Å². The number of anilines is 1. The Labute approximate surface area is 104 Å². The topological polar surface area (TPSA) is 62.2 Å². The van der Waals surface area contributed by atoms with Crippen molar-refractivity contribution in [2.75, 3.05) is 5.32 Å². The molecule has 90 valence electrons. The van der Waals surface area contributed by atoms with E-state index in [2.05, 4.69) is 10.3 Å². The minimum atomic E-state index is -0.709. The summed E-state index contributed by atoms with van der Waals surface area (Å²) in [5.74, 6) is -0.00184. The molecule has 0 aliphatic carbocycles. The van der Waals surface area contributed by atoms with Gasteiger partial charge >= 0.3 is 0 Å². The number of nitrogens with one attached hydrogen (secondary N) is 1. The zero-order valence-electron chi connectivity index (χ0n) is 9.63. The highest BCUT2D eigenvalue weighted by molar-refractivity contribution is 5.99. The van der Waals surface area contributed by atoms with Crippen molar-refractivity contribution in [3.63, 3.8) is 0 Å². The predicted molar refractivity (Wildman–Crippen MR) is 67.1 cm³/mol. The quantitative estimate of drug-likeness (QED) is 0.839. The summed E-state index contributed by atoms with van der Waals surface area (Å²) in [6.45, 7) is 0. The molecule has 1 aliphatic heterocycles. The van der Waals surface area contributed by atoms with Crippen LogP contribution in [0, 0.1) is 0 Å². The number of aromatic nitrogens is 1. The Morgan fingerprint density at radius 3 is 2.94 bits per heavy atom. The first-order valence-electron chi connectivity index (χ1n) is 5.75. The lowest BCUT2D eigenvalue weighted by Gasteiger charge is -2.12. The molecule has 0 spiro atoms. The molecule has 0 saturated carbocycles. The van der Waals surface area contributed by atoms with Crippen LogP contribution in [-0.4, -0.2) is 16.0 Å². The van der Waals surface area contributed by atoms with Crippen molar-refractivity contribution >= 4 is 11.6 Å². The smallest absolute Gasteiger partial charge is 0.228 e. The zero-order chi connectivity index (χ0) is 12.5. The average Bonchev–Trinajstić information content (AvgIpc) is 2.78. The molecule has 1 aliphatic rings. The van der Waals surface area contributed by atoms with Gasteiger partial charge in [-0.1, -0.05) is 18.2 Å². The van der Waals surface area contributed by atoms with E-state index in [1.54, 1.807) is 18.5 Å². The molecule has 1 aromatic heterocycles. The van der Waals surface area contributed by atoms with E-state index in [9.17, 15) is 9.90 Å². The first-order chi connectivity index (χ1) is 8.74. The van der Waals surface area contributed by atoms with Gasteiger partial charge in [-0.25, -0.2) is 0 Å². The van der Waals surface area contributed by atoms with E-state index in [-0.39, 0.29) is 5.91 Å². The lowest BCUT2D eigenvalue weighted by atomic mass is 10.00. The van der Waals surface area contributed by atoms with Crippen LogP contribution in [0.2, 0.25) is 0 Å². The van der Waals surface area contributed by atoms with E-state index in [4.69, 9.17) is 0 Å². The fraction of sp³-hybridized carbons (Fsp3) is 0.143. The van der Waals surface area contributed by atoms with E-state index in [0.717, 1.165) is 22.4 Å². The van der Waals surface area contributed by atoms with Gasteiger partial charge in [0.1, 0.15) is 6.10 Å². The number of benzene rings is 1. The molecule has 2 heterocycles. The lowest BCUT2D eigenvalue weighted by molar-refractivity contribution is -0.115. The lowest BCUT2D eigenvalue weighted by Crippen LogP contribution is -2.03. The van der Waals surface area contributed by atoms with Crippen LogP contribution < -0.4 is 5.32 Å². The van der Waals surface area contributed by atoms with E-state index in [1.807, 2.05) is 24.3 Å². The molecule has 1 amide bonds. The Balaban J connectivity index is 1.94. The van der Waals surface area contributed by atoms with Crippen molar-refractivity contribution in [2.24, 2.45) is 0 Å². The number of carbonyl (C=O) groups is 1. The minimum Gasteiger partial charge on any atom is -0.384 e. The summed E-state index contributed by atoms with van der Waals surface area (Å²) in [5.41, 5.74) is 3.29. The van der Waals surface area contributed by atoms with E-state index >= 15 is 0 Å². The van der Waals surface area contributed by atoms with Gasteiger partial charge in [0.25, 0.3) is 0 Å². The Morgan fingerprint density at radius 1 is 1.28 bits per heavy atom. The van der Waals surface area contributed by atoms with Crippen LogP contribution >= 0.6 is 0 Å². The number of rotatable bonds is 2. The van der Waals surface area contributed by atoms with Gasteiger partial charge in [0.05, 0.1) is 6.42 Å². The maximum Gasteiger partial charge on any atom is 0.228 e. The summed E-state index contributed by atoms with van der Waals surface area (Å²) in [6, 6.07) is 9.13. The summed E-state index contributed by atoms with van der Waals surface area (Å²) in [5, 5.41) is 13.0. The number of fused-ring (bicyclic) bond motifs is 1. The van der Waals surface area contributed by atoms with Gasteiger partial charge in [-0.2, -0.15) is 0 Å². The molecule has 0 radical (unpaired) electrons. The Kier molecular flexibility index (Phi) is 2.57. The fourth-order valence-electron chi connectivity index (χ4n) is 2.15. The third-order valence-corrected chi connectivity index (χ3v) is 3.07. The number of pyridine rings is 1. The van der Waals surface area contributed by atoms with E-state index in [1.165, 1.54) is 0 Å². The van der Waals surface area contributed by atoms with Crippen molar-refractivity contribution in [3.05, 3.63) is 59.4 Å². The monoisotopic (exact) mass is 240 g/mol. The van der Waals surface area contributed by atoms with Crippen molar-refractivity contribution in [2.45, 2.75) is 12.5 Å². The summed E-state index contributed by atoms with van der Waals surface area (Å²) in [4.78, 5) is 15.3. The zero-order valence-corrected chi connectivity index (χ0v) is 9.63. The van der Waals surface area contributed by atoms with Gasteiger partial charge in [0.15, 0.2) is 0 Å². The third kappa shape index (κ3) is 1.87. The molecule has 0 saturated heterocycles. The molecule has 4 heteroatoms. The summed E-state index contributed by atoms with van der Waals surface area (Å²) < 4.78 is 0. The molecule has 2 aromatic rings. The first kappa shape index (κ1) is 10.9. The first-order valence-corrected chi connectivity index (χ1v) is 5.75. The molecule has 1 aromatic carbocycles. The highest BCUT2D eigenvalue weighted by atomic mass is 16.3. The molecule has 3 rings (SSSR count). The number of amides is 1. The Morgan fingerprint density at radius 2 is 2.17 bits per heavy atom. The maximum absolute atomic E-state index is 11.3. The highest BCUT2D eigenvalue weighted by Gasteiger charge is 2.19. The van der Waals surface area contributed by atoms with Crippen molar-refractivity contribution in [1.29, 1.82) is 0 Å². The number of nitrogens with zero attached hydrogens (tertiary/aromatic N) is 1.